The number of nitrogens with zero attached hydrogens (tertiary/aromatic N) is 3. The van der Waals surface area contributed by atoms with E-state index in [1.165, 1.54) is 77.0 Å². The number of fused-ring (bicyclic) bond motifs is 2. The normalized spacial score (nSPS) is 11.6. The van der Waals surface area contributed by atoms with Gasteiger partial charge in [0.2, 0.25) is 0 Å². The van der Waals surface area contributed by atoms with Gasteiger partial charge in [-0.2, -0.15) is 4.98 Å². The van der Waals surface area contributed by atoms with Gasteiger partial charge in [0, 0.05) is 6.54 Å². The first-order valence-corrected chi connectivity index (χ1v) is 13.4. The average Bonchev–Trinajstić information content (AvgIpc) is 2.80. The first kappa shape index (κ1) is 26.1. The Bertz CT molecular complexity index is 1130. The fraction of sp³-hybridized carbons (Fsp3) is 0.643. The molecule has 0 spiro atoms. The molecule has 2 aliphatic heterocycles. The van der Waals surface area contributed by atoms with E-state index in [1.54, 1.807) is 0 Å². The third-order valence-electron chi connectivity index (χ3n) is 6.96. The molecule has 0 aliphatic carbocycles. The molecule has 1 aromatic rings. The van der Waals surface area contributed by atoms with Crippen LogP contribution < -0.4 is 11.2 Å². The van der Waals surface area contributed by atoms with Crippen LogP contribution in [0.3, 0.4) is 0 Å². The fourth-order valence-electron chi connectivity index (χ4n) is 4.74. The minimum Gasteiger partial charge on any atom is -0.322 e. The summed E-state index contributed by atoms with van der Waals surface area (Å²) in [5.41, 5.74) is 3.15. The van der Waals surface area contributed by atoms with Gasteiger partial charge in [-0.1, -0.05) is 90.4 Å². The summed E-state index contributed by atoms with van der Waals surface area (Å²) < 4.78 is 2.02. The molecule has 0 aromatic heterocycles. The van der Waals surface area contributed by atoms with Crippen molar-refractivity contribution in [3.63, 3.8) is 0 Å². The van der Waals surface area contributed by atoms with Gasteiger partial charge in [0.25, 0.3) is 5.56 Å². The Morgan fingerprint density at radius 2 is 1.26 bits per heavy atom. The number of aromatic amines is 1. The summed E-state index contributed by atoms with van der Waals surface area (Å²) in [5.74, 6) is 0.388. The number of unbranched alkanes of at least 4 members (excludes halogenated alkanes) is 13. The highest BCUT2D eigenvalue weighted by molar-refractivity contribution is 5.81. The topological polar surface area (TPSA) is 80.6 Å². The second-order valence-corrected chi connectivity index (χ2v) is 9.83. The van der Waals surface area contributed by atoms with E-state index in [0.717, 1.165) is 41.5 Å². The second kappa shape index (κ2) is 13.4. The van der Waals surface area contributed by atoms with E-state index in [9.17, 15) is 9.59 Å². The molecule has 186 valence electrons. The van der Waals surface area contributed by atoms with Crippen molar-refractivity contribution < 1.29 is 0 Å². The molecule has 0 unspecified atom stereocenters. The third-order valence-corrected chi connectivity index (χ3v) is 6.96. The molecule has 34 heavy (non-hydrogen) atoms. The fourth-order valence-corrected chi connectivity index (χ4v) is 4.74. The molecule has 2 heterocycles. The highest BCUT2D eigenvalue weighted by atomic mass is 16.2. The number of hydrogen-bond acceptors (Lipinski definition) is 4. The van der Waals surface area contributed by atoms with Crippen molar-refractivity contribution in [2.45, 2.75) is 117 Å². The predicted molar refractivity (Wildman–Crippen MR) is 141 cm³/mol. The molecule has 0 fully saturated rings. The molecule has 0 saturated heterocycles. The molecule has 0 saturated carbocycles. The minimum atomic E-state index is -0.614. The van der Waals surface area contributed by atoms with Crippen LogP contribution in [0, 0.1) is 13.8 Å². The number of benzene rings is 1. The van der Waals surface area contributed by atoms with Crippen LogP contribution in [-0.2, 0) is 6.54 Å². The van der Waals surface area contributed by atoms with Gasteiger partial charge in [-0.3, -0.25) is 9.78 Å². The number of hydrogen-bond donors (Lipinski definition) is 1. The number of rotatable bonds is 15. The highest BCUT2D eigenvalue weighted by Crippen LogP contribution is 2.24. The standard InChI is InChI=1S/C28H42N4O2/c1-4-5-6-7-8-9-10-11-12-13-14-15-16-17-18-32-24-20-22(3)21(2)19-23(24)29-25-26(32)30-28(34)31-27(25)33/h19-20H,4-18H2,1-3H3,(H,31,33,34). The largest absolute Gasteiger partial charge is 0.349 e. The Labute approximate surface area is 203 Å². The van der Waals surface area contributed by atoms with Crippen LogP contribution in [0.25, 0.3) is 22.6 Å². The Balaban J connectivity index is 1.48. The first-order chi connectivity index (χ1) is 16.5. The van der Waals surface area contributed by atoms with Crippen molar-refractivity contribution in [1.29, 1.82) is 0 Å². The molecule has 6 heteroatoms. The molecular formula is C28H42N4O2. The summed E-state index contributed by atoms with van der Waals surface area (Å²) in [6.45, 7) is 7.11. The van der Waals surface area contributed by atoms with Gasteiger partial charge in [0.05, 0.1) is 11.0 Å². The van der Waals surface area contributed by atoms with Crippen LogP contribution in [-0.4, -0.2) is 19.5 Å². The minimum absolute atomic E-state index is 0.237. The first-order valence-electron chi connectivity index (χ1n) is 13.4. The Morgan fingerprint density at radius 3 is 1.85 bits per heavy atom. The van der Waals surface area contributed by atoms with Crippen LogP contribution in [0.4, 0.5) is 0 Å². The molecule has 3 rings (SSSR count). The molecule has 1 N–H and O–H groups in total. The van der Waals surface area contributed by atoms with E-state index in [-0.39, 0.29) is 5.69 Å². The summed E-state index contributed by atoms with van der Waals surface area (Å²) in [6.07, 6.45) is 18.4. The maximum Gasteiger partial charge on any atom is 0.349 e. The van der Waals surface area contributed by atoms with E-state index in [2.05, 4.69) is 34.9 Å². The molecule has 0 amide bonds. The van der Waals surface area contributed by atoms with Crippen LogP contribution in [0.1, 0.15) is 108 Å². The maximum absolute atomic E-state index is 12.4. The lowest BCUT2D eigenvalue weighted by molar-refractivity contribution is 0.525. The number of aromatic nitrogens is 4. The van der Waals surface area contributed by atoms with Crippen molar-refractivity contribution in [3.8, 4) is 11.5 Å². The highest BCUT2D eigenvalue weighted by Gasteiger charge is 2.18. The summed E-state index contributed by atoms with van der Waals surface area (Å²) in [4.78, 5) is 35.2. The van der Waals surface area contributed by atoms with Crippen LogP contribution in [0.15, 0.2) is 21.7 Å². The van der Waals surface area contributed by atoms with Gasteiger partial charge in [-0.15, -0.1) is 0 Å². The third kappa shape index (κ3) is 7.25. The number of nitrogens with one attached hydrogen (secondary N) is 1. The van der Waals surface area contributed by atoms with Gasteiger partial charge in [0.15, 0.2) is 11.5 Å². The molecule has 0 bridgehead atoms. The zero-order valence-corrected chi connectivity index (χ0v) is 21.4. The summed E-state index contributed by atoms with van der Waals surface area (Å²) in [5, 5.41) is 0. The lowest BCUT2D eigenvalue weighted by Gasteiger charge is -2.17. The van der Waals surface area contributed by atoms with Gasteiger partial charge in [0.1, 0.15) is 0 Å². The molecular weight excluding hydrogens is 424 g/mol. The van der Waals surface area contributed by atoms with Crippen molar-refractivity contribution >= 4 is 11.0 Å². The lowest BCUT2D eigenvalue weighted by Crippen LogP contribution is -2.29. The van der Waals surface area contributed by atoms with E-state index in [1.807, 2.05) is 17.6 Å². The summed E-state index contributed by atoms with van der Waals surface area (Å²) >= 11 is 0. The van der Waals surface area contributed by atoms with E-state index in [0.29, 0.717) is 5.82 Å². The van der Waals surface area contributed by atoms with Crippen molar-refractivity contribution in [2.75, 3.05) is 0 Å². The van der Waals surface area contributed by atoms with Crippen LogP contribution in [0.5, 0.6) is 0 Å². The zero-order chi connectivity index (χ0) is 24.3. The van der Waals surface area contributed by atoms with E-state index >= 15 is 0 Å². The quantitative estimate of drug-likeness (QED) is 0.200. The van der Waals surface area contributed by atoms with Gasteiger partial charge in [-0.05, 0) is 43.5 Å². The molecule has 1 aromatic carbocycles. The molecule has 0 radical (unpaired) electrons. The molecule has 0 atom stereocenters. The molecule has 6 nitrogen and oxygen atoms in total. The van der Waals surface area contributed by atoms with Gasteiger partial charge < -0.3 is 4.57 Å². The van der Waals surface area contributed by atoms with E-state index < -0.39 is 11.2 Å². The zero-order valence-electron chi connectivity index (χ0n) is 21.4. The van der Waals surface area contributed by atoms with Gasteiger partial charge in [-0.25, -0.2) is 9.78 Å². The smallest absolute Gasteiger partial charge is 0.322 e. The summed E-state index contributed by atoms with van der Waals surface area (Å²) in [6, 6.07) is 4.10. The summed E-state index contributed by atoms with van der Waals surface area (Å²) in [7, 11) is 0. The van der Waals surface area contributed by atoms with Crippen molar-refractivity contribution in [3.05, 3.63) is 44.1 Å². The van der Waals surface area contributed by atoms with Gasteiger partial charge >= 0.3 is 5.69 Å². The SMILES string of the molecule is CCCCCCCCCCCCCCCCn1c2nc(=O)[nH]c(=O)c-2nc2cc(C)c(C)cc21. The second-order valence-electron chi connectivity index (χ2n) is 9.83. The Kier molecular flexibility index (Phi) is 10.3. The number of H-pyrrole nitrogens is 1. The predicted octanol–water partition coefficient (Wildman–Crippen LogP) is 6.68. The van der Waals surface area contributed by atoms with Crippen LogP contribution >= 0.6 is 0 Å². The lowest BCUT2D eigenvalue weighted by atomic mass is 10.0. The van der Waals surface area contributed by atoms with Crippen molar-refractivity contribution in [2.24, 2.45) is 0 Å². The monoisotopic (exact) mass is 466 g/mol. The van der Waals surface area contributed by atoms with Crippen molar-refractivity contribution in [1.82, 2.24) is 19.5 Å². The Hall–Kier alpha value is -2.50. The average molecular weight is 467 g/mol. The number of aryl methyl sites for hydroxylation is 3. The Morgan fingerprint density at radius 1 is 0.735 bits per heavy atom. The van der Waals surface area contributed by atoms with Crippen LogP contribution in [0.2, 0.25) is 0 Å². The van der Waals surface area contributed by atoms with E-state index in [4.69, 9.17) is 0 Å². The molecule has 2 aliphatic rings. The maximum atomic E-state index is 12.4.